The minimum atomic E-state index is -0.785. The van der Waals surface area contributed by atoms with Crippen molar-refractivity contribution >= 4 is 17.5 Å². The molecule has 1 unspecified atom stereocenters. The van der Waals surface area contributed by atoms with Gasteiger partial charge in [0.1, 0.15) is 18.3 Å². The number of carbonyl (C=O) groups excluding carboxylic acids is 2. The molecule has 0 amide bonds. The Kier molecular flexibility index (Phi) is 7.84. The van der Waals surface area contributed by atoms with E-state index in [1.165, 1.54) is 19.2 Å². The Bertz CT molecular complexity index is 1200. The number of allylic oxidation sites excluding steroid dienone is 2. The van der Waals surface area contributed by atoms with E-state index in [9.17, 15) is 14.0 Å². The first kappa shape index (κ1) is 25.6. The molecule has 0 saturated carbocycles. The number of Topliss-reactive ketones (excluding diaryl/α,β-unsaturated/α-hetero) is 1. The van der Waals surface area contributed by atoms with Crippen molar-refractivity contribution in [3.05, 3.63) is 70.7 Å². The number of methoxy groups -OCH3 is 3. The third-order valence-electron chi connectivity index (χ3n) is 6.78. The minimum Gasteiger partial charge on any atom is -0.493 e. The van der Waals surface area contributed by atoms with E-state index in [1.807, 2.05) is 18.2 Å². The first-order chi connectivity index (χ1) is 17.4. The van der Waals surface area contributed by atoms with Gasteiger partial charge in [-0.2, -0.15) is 0 Å². The maximum absolute atomic E-state index is 13.7. The van der Waals surface area contributed by atoms with Crippen molar-refractivity contribution in [2.45, 2.75) is 31.6 Å². The van der Waals surface area contributed by atoms with Crippen molar-refractivity contribution in [1.82, 2.24) is 0 Å². The summed E-state index contributed by atoms with van der Waals surface area (Å²) >= 11 is 0. The summed E-state index contributed by atoms with van der Waals surface area (Å²) in [5.74, 6) is -1.25. The molecule has 2 aliphatic rings. The van der Waals surface area contributed by atoms with Gasteiger partial charge in [0.05, 0.1) is 20.8 Å². The number of benzene rings is 2. The zero-order valence-corrected chi connectivity index (χ0v) is 20.9. The van der Waals surface area contributed by atoms with E-state index in [1.54, 1.807) is 33.3 Å². The Morgan fingerprint density at radius 2 is 1.67 bits per heavy atom. The number of esters is 1. The predicted molar refractivity (Wildman–Crippen MR) is 132 cm³/mol. The Labute approximate surface area is 209 Å². The van der Waals surface area contributed by atoms with Gasteiger partial charge in [-0.25, -0.2) is 4.39 Å². The second kappa shape index (κ2) is 11.0. The molecule has 1 heterocycles. The molecule has 0 radical (unpaired) electrons. The summed E-state index contributed by atoms with van der Waals surface area (Å²) in [5, 5.41) is 0. The van der Waals surface area contributed by atoms with Crippen LogP contribution in [-0.2, 0) is 19.1 Å². The molecule has 36 heavy (non-hydrogen) atoms. The molecule has 2 aromatic rings. The molecule has 190 valence electrons. The lowest BCUT2D eigenvalue weighted by atomic mass is 9.69. The molecular weight excluding hydrogens is 465 g/mol. The quantitative estimate of drug-likeness (QED) is 0.393. The van der Waals surface area contributed by atoms with Crippen molar-refractivity contribution < 1.29 is 32.9 Å². The number of rotatable bonds is 8. The van der Waals surface area contributed by atoms with Crippen LogP contribution in [0.4, 0.5) is 4.39 Å². The van der Waals surface area contributed by atoms with Gasteiger partial charge in [-0.05, 0) is 54.7 Å². The van der Waals surface area contributed by atoms with Crippen molar-refractivity contribution in [1.29, 1.82) is 0 Å². The Balaban J connectivity index is 1.73. The largest absolute Gasteiger partial charge is 0.493 e. The number of halogens is 1. The van der Waals surface area contributed by atoms with E-state index in [0.29, 0.717) is 40.5 Å². The summed E-state index contributed by atoms with van der Waals surface area (Å²) < 4.78 is 34.9. The molecule has 7 nitrogen and oxygen atoms in total. The lowest BCUT2D eigenvalue weighted by Crippen LogP contribution is -2.38. The molecule has 0 spiro atoms. The normalized spacial score (nSPS) is 21.5. The molecule has 0 N–H and O–H groups in total. The smallest absolute Gasteiger partial charge is 0.315 e. The Hall–Kier alpha value is -3.52. The SMILES string of the molecule is COCCOC(=O)C1C(C)=NC2=C(C(=O)C[C@@H](c3ccc(OC)c(OC)c3)C2)[C@@H]1c1ccc(F)cc1. The monoisotopic (exact) mass is 495 g/mol. The van der Waals surface area contributed by atoms with Crippen LogP contribution in [0.3, 0.4) is 0 Å². The van der Waals surface area contributed by atoms with Crippen LogP contribution in [0.25, 0.3) is 0 Å². The van der Waals surface area contributed by atoms with Gasteiger partial charge in [-0.3, -0.25) is 14.6 Å². The molecule has 0 aromatic heterocycles. The van der Waals surface area contributed by atoms with Gasteiger partial charge in [0.2, 0.25) is 0 Å². The summed E-state index contributed by atoms with van der Waals surface area (Å²) in [6, 6.07) is 11.5. The molecule has 8 heteroatoms. The second-order valence-electron chi connectivity index (χ2n) is 8.92. The van der Waals surface area contributed by atoms with Crippen molar-refractivity contribution in [2.75, 3.05) is 34.5 Å². The number of hydrogen-bond donors (Lipinski definition) is 0. The molecule has 1 aliphatic heterocycles. The highest BCUT2D eigenvalue weighted by Gasteiger charge is 2.44. The number of nitrogens with zero attached hydrogens (tertiary/aromatic N) is 1. The zero-order valence-electron chi connectivity index (χ0n) is 20.9. The zero-order chi connectivity index (χ0) is 25.8. The van der Waals surface area contributed by atoms with Gasteiger partial charge in [0.15, 0.2) is 17.3 Å². The lowest BCUT2D eigenvalue weighted by molar-refractivity contribution is -0.147. The number of ether oxygens (including phenoxy) is 4. The van der Waals surface area contributed by atoms with Crippen LogP contribution in [0.1, 0.15) is 42.7 Å². The molecule has 2 aromatic carbocycles. The van der Waals surface area contributed by atoms with Gasteiger partial charge in [-0.1, -0.05) is 18.2 Å². The standard InChI is InChI=1S/C28H30FNO6/c1-16-25(28(32)36-12-11-33-2)26(17-5-8-20(29)9-6-17)27-21(30-16)13-19(14-22(27)31)18-7-10-23(34-3)24(15-18)35-4/h5-10,15,19,25-26H,11-14H2,1-4H3/t19-,25?,26+/m0/s1. The van der Waals surface area contributed by atoms with E-state index in [2.05, 4.69) is 0 Å². The van der Waals surface area contributed by atoms with Crippen LogP contribution in [0, 0.1) is 11.7 Å². The van der Waals surface area contributed by atoms with E-state index < -0.39 is 23.6 Å². The number of ketones is 1. The summed E-state index contributed by atoms with van der Waals surface area (Å²) in [6.07, 6.45) is 0.781. The molecular formula is C28H30FNO6. The van der Waals surface area contributed by atoms with E-state index >= 15 is 0 Å². The summed E-state index contributed by atoms with van der Waals surface area (Å²) in [6.45, 7) is 2.12. The molecule has 0 saturated heterocycles. The highest BCUT2D eigenvalue weighted by Crippen LogP contribution is 2.47. The Morgan fingerprint density at radius 1 is 0.972 bits per heavy atom. The molecule has 0 bridgehead atoms. The van der Waals surface area contributed by atoms with Gasteiger partial charge >= 0.3 is 5.97 Å². The predicted octanol–water partition coefficient (Wildman–Crippen LogP) is 4.61. The van der Waals surface area contributed by atoms with Gasteiger partial charge in [0.25, 0.3) is 0 Å². The fraction of sp³-hybridized carbons (Fsp3) is 0.393. The topological polar surface area (TPSA) is 83.4 Å². The summed E-state index contributed by atoms with van der Waals surface area (Å²) in [5.41, 5.74) is 3.33. The first-order valence-electron chi connectivity index (χ1n) is 11.8. The second-order valence-corrected chi connectivity index (χ2v) is 8.92. The Morgan fingerprint density at radius 3 is 2.33 bits per heavy atom. The van der Waals surface area contributed by atoms with Crippen LogP contribution in [0.15, 0.2) is 58.7 Å². The van der Waals surface area contributed by atoms with Gasteiger partial charge < -0.3 is 18.9 Å². The lowest BCUT2D eigenvalue weighted by Gasteiger charge is -2.36. The van der Waals surface area contributed by atoms with Crippen molar-refractivity contribution in [3.8, 4) is 11.5 Å². The highest BCUT2D eigenvalue weighted by atomic mass is 19.1. The summed E-state index contributed by atoms with van der Waals surface area (Å²) in [4.78, 5) is 31.5. The van der Waals surface area contributed by atoms with Crippen molar-refractivity contribution in [3.63, 3.8) is 0 Å². The summed E-state index contributed by atoms with van der Waals surface area (Å²) in [7, 11) is 4.67. The van der Waals surface area contributed by atoms with Crippen LogP contribution < -0.4 is 9.47 Å². The number of carbonyl (C=O) groups is 2. The van der Waals surface area contributed by atoms with Crippen LogP contribution in [-0.4, -0.2) is 52.0 Å². The average molecular weight is 496 g/mol. The highest BCUT2D eigenvalue weighted by molar-refractivity contribution is 6.09. The molecule has 4 rings (SSSR count). The first-order valence-corrected chi connectivity index (χ1v) is 11.8. The minimum absolute atomic E-state index is 0.0868. The van der Waals surface area contributed by atoms with E-state index in [-0.39, 0.29) is 31.3 Å². The average Bonchev–Trinajstić information content (AvgIpc) is 2.87. The van der Waals surface area contributed by atoms with E-state index in [4.69, 9.17) is 23.9 Å². The molecule has 3 atom stereocenters. The number of aliphatic imine (C=N–C) groups is 1. The molecule has 0 fully saturated rings. The van der Waals surface area contributed by atoms with Crippen molar-refractivity contribution in [2.24, 2.45) is 10.9 Å². The third-order valence-corrected chi connectivity index (χ3v) is 6.78. The molecule has 1 aliphatic carbocycles. The van der Waals surface area contributed by atoms with Crippen LogP contribution >= 0.6 is 0 Å². The maximum atomic E-state index is 13.7. The van der Waals surface area contributed by atoms with Gasteiger partial charge in [0, 0.05) is 36.4 Å². The van der Waals surface area contributed by atoms with E-state index in [0.717, 1.165) is 5.56 Å². The maximum Gasteiger partial charge on any atom is 0.315 e. The fourth-order valence-electron chi connectivity index (χ4n) is 5.05. The number of hydrogen-bond acceptors (Lipinski definition) is 7. The fourth-order valence-corrected chi connectivity index (χ4v) is 5.05. The third kappa shape index (κ3) is 5.04. The van der Waals surface area contributed by atoms with Gasteiger partial charge in [-0.15, -0.1) is 0 Å². The van der Waals surface area contributed by atoms with Crippen LogP contribution in [0.2, 0.25) is 0 Å². The van der Waals surface area contributed by atoms with Crippen LogP contribution in [0.5, 0.6) is 11.5 Å².